The molecule has 6 heteroatoms. The van der Waals surface area contributed by atoms with Gasteiger partial charge in [0.1, 0.15) is 6.10 Å². The number of fused-ring (bicyclic) bond motifs is 1. The minimum Gasteiger partial charge on any atom is -0.368 e. The highest BCUT2D eigenvalue weighted by atomic mass is 16.5. The zero-order chi connectivity index (χ0) is 13.9. The summed E-state index contributed by atoms with van der Waals surface area (Å²) in [6.07, 6.45) is 4.36. The molecule has 0 aromatic carbocycles. The predicted octanol–water partition coefficient (Wildman–Crippen LogP) is 0.0272. The third-order valence-electron chi connectivity index (χ3n) is 3.87. The Morgan fingerprint density at radius 1 is 1.45 bits per heavy atom. The molecule has 2 heterocycles. The molecule has 6 nitrogen and oxygen atoms in total. The Bertz CT molecular complexity index is 561. The van der Waals surface area contributed by atoms with Gasteiger partial charge in [-0.3, -0.25) is 9.59 Å². The van der Waals surface area contributed by atoms with Crippen LogP contribution in [0.25, 0.3) is 0 Å². The van der Waals surface area contributed by atoms with Crippen molar-refractivity contribution in [2.24, 2.45) is 0 Å². The van der Waals surface area contributed by atoms with E-state index < -0.39 is 0 Å². The molecule has 1 aliphatic heterocycles. The molecule has 1 aliphatic carbocycles. The summed E-state index contributed by atoms with van der Waals surface area (Å²) >= 11 is 0. The Kier molecular flexibility index (Phi) is 3.82. The molecule has 2 aliphatic rings. The van der Waals surface area contributed by atoms with Crippen LogP contribution in [0, 0.1) is 0 Å². The SMILES string of the molecule is O=C(NCCn1nc2c(cc1=O)CCC2)C1CCCO1. The van der Waals surface area contributed by atoms with Gasteiger partial charge in [0.15, 0.2) is 0 Å². The van der Waals surface area contributed by atoms with Gasteiger partial charge in [-0.05, 0) is 37.7 Å². The topological polar surface area (TPSA) is 73.2 Å². The number of aromatic nitrogens is 2. The fourth-order valence-corrected chi connectivity index (χ4v) is 2.78. The Labute approximate surface area is 117 Å². The first-order valence-electron chi connectivity index (χ1n) is 7.23. The molecule has 1 unspecified atom stereocenters. The van der Waals surface area contributed by atoms with Gasteiger partial charge in [0.05, 0.1) is 12.2 Å². The molecule has 1 saturated heterocycles. The first-order chi connectivity index (χ1) is 9.74. The van der Waals surface area contributed by atoms with Gasteiger partial charge in [-0.1, -0.05) is 0 Å². The van der Waals surface area contributed by atoms with E-state index in [-0.39, 0.29) is 17.6 Å². The average Bonchev–Trinajstić information content (AvgIpc) is 3.08. The van der Waals surface area contributed by atoms with Crippen LogP contribution in [0.3, 0.4) is 0 Å². The van der Waals surface area contributed by atoms with Crippen LogP contribution in [-0.2, 0) is 28.9 Å². The number of hydrogen-bond acceptors (Lipinski definition) is 4. The molecule has 1 aromatic rings. The lowest BCUT2D eigenvalue weighted by Crippen LogP contribution is -2.37. The van der Waals surface area contributed by atoms with Gasteiger partial charge >= 0.3 is 0 Å². The fraction of sp³-hybridized carbons (Fsp3) is 0.643. The molecule has 1 aromatic heterocycles. The lowest BCUT2D eigenvalue weighted by atomic mass is 10.2. The smallest absolute Gasteiger partial charge is 0.267 e. The molecule has 3 rings (SSSR count). The van der Waals surface area contributed by atoms with Crippen molar-refractivity contribution < 1.29 is 9.53 Å². The number of nitrogens with zero attached hydrogens (tertiary/aromatic N) is 2. The van der Waals surface area contributed by atoms with Gasteiger partial charge in [-0.25, -0.2) is 4.68 Å². The molecule has 1 N–H and O–H groups in total. The van der Waals surface area contributed by atoms with E-state index in [1.165, 1.54) is 4.68 Å². The first kappa shape index (κ1) is 13.3. The van der Waals surface area contributed by atoms with Crippen LogP contribution in [0.2, 0.25) is 0 Å². The van der Waals surface area contributed by atoms with E-state index in [0.29, 0.717) is 19.7 Å². The van der Waals surface area contributed by atoms with E-state index in [1.54, 1.807) is 6.07 Å². The molecule has 1 amide bonds. The average molecular weight is 277 g/mol. The summed E-state index contributed by atoms with van der Waals surface area (Å²) in [6.45, 7) is 1.47. The van der Waals surface area contributed by atoms with Gasteiger partial charge in [-0.15, -0.1) is 0 Å². The molecule has 1 atom stereocenters. The third-order valence-corrected chi connectivity index (χ3v) is 3.87. The minimum absolute atomic E-state index is 0.0861. The highest BCUT2D eigenvalue weighted by Crippen LogP contribution is 2.16. The van der Waals surface area contributed by atoms with Crippen LogP contribution < -0.4 is 10.9 Å². The molecule has 0 saturated carbocycles. The Morgan fingerprint density at radius 3 is 3.15 bits per heavy atom. The summed E-state index contributed by atoms with van der Waals surface area (Å²) in [7, 11) is 0. The normalized spacial score (nSPS) is 20.9. The maximum atomic E-state index is 11.9. The summed E-state index contributed by atoms with van der Waals surface area (Å²) in [5.41, 5.74) is 2.02. The van der Waals surface area contributed by atoms with E-state index in [4.69, 9.17) is 4.74 Å². The van der Waals surface area contributed by atoms with Crippen molar-refractivity contribution in [3.63, 3.8) is 0 Å². The number of carbonyl (C=O) groups is 1. The summed E-state index contributed by atoms with van der Waals surface area (Å²) in [6, 6.07) is 1.68. The number of nitrogens with one attached hydrogen (secondary N) is 1. The van der Waals surface area contributed by atoms with Crippen molar-refractivity contribution in [1.29, 1.82) is 0 Å². The third kappa shape index (κ3) is 2.75. The zero-order valence-electron chi connectivity index (χ0n) is 11.4. The fourth-order valence-electron chi connectivity index (χ4n) is 2.78. The lowest BCUT2D eigenvalue weighted by Gasteiger charge is -2.11. The van der Waals surface area contributed by atoms with Crippen molar-refractivity contribution >= 4 is 5.91 Å². The second-order valence-corrected chi connectivity index (χ2v) is 5.32. The van der Waals surface area contributed by atoms with Crippen LogP contribution in [0.1, 0.15) is 30.5 Å². The van der Waals surface area contributed by atoms with Gasteiger partial charge in [0.2, 0.25) is 5.91 Å². The van der Waals surface area contributed by atoms with E-state index in [9.17, 15) is 9.59 Å². The van der Waals surface area contributed by atoms with Crippen LogP contribution >= 0.6 is 0 Å². The molecule has 108 valence electrons. The van der Waals surface area contributed by atoms with Crippen molar-refractivity contribution in [2.45, 2.75) is 44.8 Å². The summed E-state index contributed by atoms with van der Waals surface area (Å²) < 4.78 is 6.75. The van der Waals surface area contributed by atoms with Crippen molar-refractivity contribution in [3.8, 4) is 0 Å². The maximum absolute atomic E-state index is 11.9. The first-order valence-corrected chi connectivity index (χ1v) is 7.23. The van der Waals surface area contributed by atoms with Gasteiger partial charge in [-0.2, -0.15) is 5.10 Å². The number of amides is 1. The number of ether oxygens (including phenoxy) is 1. The number of carbonyl (C=O) groups excluding carboxylic acids is 1. The molecule has 1 fully saturated rings. The van der Waals surface area contributed by atoms with E-state index >= 15 is 0 Å². The molecular formula is C14H19N3O3. The molecule has 0 bridgehead atoms. The molecule has 20 heavy (non-hydrogen) atoms. The molecule has 0 spiro atoms. The largest absolute Gasteiger partial charge is 0.368 e. The molecule has 0 radical (unpaired) electrons. The number of aryl methyl sites for hydroxylation is 2. The number of hydrogen-bond donors (Lipinski definition) is 1. The van der Waals surface area contributed by atoms with Crippen LogP contribution in [0.4, 0.5) is 0 Å². The van der Waals surface area contributed by atoms with Crippen LogP contribution in [0.15, 0.2) is 10.9 Å². The Balaban J connectivity index is 1.56. The van der Waals surface area contributed by atoms with Gasteiger partial charge in [0, 0.05) is 19.2 Å². The number of rotatable bonds is 4. The van der Waals surface area contributed by atoms with Gasteiger partial charge < -0.3 is 10.1 Å². The lowest BCUT2D eigenvalue weighted by molar-refractivity contribution is -0.130. The monoisotopic (exact) mass is 277 g/mol. The van der Waals surface area contributed by atoms with E-state index in [0.717, 1.165) is 43.4 Å². The predicted molar refractivity (Wildman–Crippen MR) is 72.5 cm³/mol. The molecular weight excluding hydrogens is 258 g/mol. The Hall–Kier alpha value is -1.69. The van der Waals surface area contributed by atoms with Crippen molar-refractivity contribution in [1.82, 2.24) is 15.1 Å². The minimum atomic E-state index is -0.320. The zero-order valence-corrected chi connectivity index (χ0v) is 11.4. The second kappa shape index (κ2) is 5.75. The van der Waals surface area contributed by atoms with Gasteiger partial charge in [0.25, 0.3) is 5.56 Å². The quantitative estimate of drug-likeness (QED) is 0.842. The second-order valence-electron chi connectivity index (χ2n) is 5.32. The summed E-state index contributed by atoms with van der Waals surface area (Å²) in [5.74, 6) is -0.0864. The highest BCUT2D eigenvalue weighted by molar-refractivity contribution is 5.80. The summed E-state index contributed by atoms with van der Waals surface area (Å²) in [4.78, 5) is 23.6. The van der Waals surface area contributed by atoms with Crippen molar-refractivity contribution in [2.75, 3.05) is 13.2 Å². The highest BCUT2D eigenvalue weighted by Gasteiger charge is 2.23. The van der Waals surface area contributed by atoms with Crippen LogP contribution in [-0.4, -0.2) is 34.9 Å². The Morgan fingerprint density at radius 2 is 2.35 bits per heavy atom. The standard InChI is InChI=1S/C14H19N3O3/c18-13-9-10-3-1-4-11(10)16-17(13)7-6-15-14(19)12-5-2-8-20-12/h9,12H,1-8H2,(H,15,19). The van der Waals surface area contributed by atoms with Crippen molar-refractivity contribution in [3.05, 3.63) is 27.7 Å². The van der Waals surface area contributed by atoms with Crippen LogP contribution in [0.5, 0.6) is 0 Å². The van der Waals surface area contributed by atoms with E-state index in [2.05, 4.69) is 10.4 Å². The summed E-state index contributed by atoms with van der Waals surface area (Å²) in [5, 5.41) is 7.17. The van der Waals surface area contributed by atoms with E-state index in [1.807, 2.05) is 0 Å². The maximum Gasteiger partial charge on any atom is 0.267 e.